The van der Waals surface area contributed by atoms with Gasteiger partial charge in [-0.2, -0.15) is 0 Å². The van der Waals surface area contributed by atoms with E-state index in [0.29, 0.717) is 11.3 Å². The van der Waals surface area contributed by atoms with Crippen LogP contribution in [0.15, 0.2) is 54.6 Å². The highest BCUT2D eigenvalue weighted by molar-refractivity contribution is 5.37. The van der Waals surface area contributed by atoms with Gasteiger partial charge in [0.1, 0.15) is 0 Å². The van der Waals surface area contributed by atoms with Crippen LogP contribution < -0.4 is 0 Å². The van der Waals surface area contributed by atoms with Gasteiger partial charge in [0, 0.05) is 5.92 Å². The topological polar surface area (TPSA) is 20.2 Å². The van der Waals surface area contributed by atoms with E-state index >= 15 is 0 Å². The molecular weight excluding hydrogens is 304 g/mol. The first-order valence-electron chi connectivity index (χ1n) is 10.0. The summed E-state index contributed by atoms with van der Waals surface area (Å²) in [6, 6.07) is 20.0. The molecule has 1 nitrogen and oxygen atoms in total. The predicted octanol–water partition coefficient (Wildman–Crippen LogP) is 5.53. The number of aliphatic hydroxyl groups is 1. The summed E-state index contributed by atoms with van der Waals surface area (Å²) in [6.45, 7) is 0.133. The molecule has 130 valence electrons. The standard InChI is InChI=1S/C24H28O/c25-16-17-6-8-22(9-7-17)23(21-4-2-1-3-5-21)24-13-18-10-19(14-24)12-20(11-18)15-24/h1-9,18-20,23,25H,10-16H2. The lowest BCUT2D eigenvalue weighted by molar-refractivity contribution is -0.0618. The number of rotatable bonds is 4. The molecule has 2 aromatic rings. The van der Waals surface area contributed by atoms with Crippen molar-refractivity contribution in [1.29, 1.82) is 0 Å². The predicted molar refractivity (Wildman–Crippen MR) is 101 cm³/mol. The van der Waals surface area contributed by atoms with Gasteiger partial charge in [-0.05, 0) is 78.4 Å². The van der Waals surface area contributed by atoms with Gasteiger partial charge in [-0.3, -0.25) is 0 Å². The molecule has 0 saturated heterocycles. The Morgan fingerprint density at radius 3 is 1.80 bits per heavy atom. The Bertz CT molecular complexity index is 695. The maximum atomic E-state index is 9.41. The molecule has 0 heterocycles. The van der Waals surface area contributed by atoms with E-state index in [1.54, 1.807) is 0 Å². The van der Waals surface area contributed by atoms with Gasteiger partial charge in [-0.25, -0.2) is 0 Å². The Balaban J connectivity index is 1.60. The van der Waals surface area contributed by atoms with Gasteiger partial charge < -0.3 is 5.11 Å². The molecule has 4 bridgehead atoms. The fourth-order valence-electron chi connectivity index (χ4n) is 6.89. The zero-order chi connectivity index (χ0) is 16.9. The Labute approximate surface area is 151 Å². The summed E-state index contributed by atoms with van der Waals surface area (Å²) in [6.07, 6.45) is 8.72. The monoisotopic (exact) mass is 332 g/mol. The first-order valence-corrected chi connectivity index (χ1v) is 10.0. The van der Waals surface area contributed by atoms with Crippen molar-refractivity contribution in [2.75, 3.05) is 0 Å². The Kier molecular flexibility index (Phi) is 3.74. The van der Waals surface area contributed by atoms with Crippen LogP contribution in [0.3, 0.4) is 0 Å². The average molecular weight is 332 g/mol. The third-order valence-electron chi connectivity index (χ3n) is 7.33. The van der Waals surface area contributed by atoms with E-state index in [1.807, 2.05) is 0 Å². The summed E-state index contributed by atoms with van der Waals surface area (Å²) >= 11 is 0. The molecule has 1 unspecified atom stereocenters. The summed E-state index contributed by atoms with van der Waals surface area (Å²) in [4.78, 5) is 0. The van der Waals surface area contributed by atoms with E-state index in [1.165, 1.54) is 49.7 Å². The minimum Gasteiger partial charge on any atom is -0.392 e. The molecule has 0 aliphatic heterocycles. The summed E-state index contributed by atoms with van der Waals surface area (Å²) in [5.74, 6) is 3.41. The minimum atomic E-state index is 0.133. The lowest BCUT2D eigenvalue weighted by Crippen LogP contribution is -2.49. The third-order valence-corrected chi connectivity index (χ3v) is 7.33. The molecule has 0 amide bonds. The molecule has 4 aliphatic rings. The number of hydrogen-bond donors (Lipinski definition) is 1. The average Bonchev–Trinajstić information content (AvgIpc) is 2.62. The van der Waals surface area contributed by atoms with Crippen molar-refractivity contribution in [2.45, 2.75) is 51.0 Å². The number of aliphatic hydroxyl groups excluding tert-OH is 1. The maximum absolute atomic E-state index is 9.41. The van der Waals surface area contributed by atoms with Crippen molar-refractivity contribution in [3.8, 4) is 0 Å². The van der Waals surface area contributed by atoms with Gasteiger partial charge in [-0.15, -0.1) is 0 Å². The SMILES string of the molecule is OCc1ccc(C(c2ccccc2)C23CC4CC(CC(C4)C2)C3)cc1. The van der Waals surface area contributed by atoms with Gasteiger partial charge in [0.05, 0.1) is 6.61 Å². The molecule has 0 spiro atoms. The highest BCUT2D eigenvalue weighted by Crippen LogP contribution is 2.65. The second-order valence-electron chi connectivity index (χ2n) is 9.02. The zero-order valence-corrected chi connectivity index (χ0v) is 14.9. The van der Waals surface area contributed by atoms with E-state index in [2.05, 4.69) is 54.6 Å². The Hall–Kier alpha value is -1.60. The first-order chi connectivity index (χ1) is 12.3. The molecule has 4 aliphatic carbocycles. The van der Waals surface area contributed by atoms with Crippen molar-refractivity contribution >= 4 is 0 Å². The third kappa shape index (κ3) is 2.64. The fraction of sp³-hybridized carbons (Fsp3) is 0.500. The van der Waals surface area contributed by atoms with Crippen molar-refractivity contribution in [1.82, 2.24) is 0 Å². The molecule has 1 heteroatoms. The Morgan fingerprint density at radius 1 is 0.760 bits per heavy atom. The van der Waals surface area contributed by atoms with Crippen LogP contribution in [0.5, 0.6) is 0 Å². The van der Waals surface area contributed by atoms with Gasteiger partial charge in [0.25, 0.3) is 0 Å². The maximum Gasteiger partial charge on any atom is 0.0681 e. The van der Waals surface area contributed by atoms with E-state index in [0.717, 1.165) is 23.3 Å². The van der Waals surface area contributed by atoms with E-state index in [4.69, 9.17) is 0 Å². The normalized spacial score (nSPS) is 34.2. The van der Waals surface area contributed by atoms with E-state index < -0.39 is 0 Å². The smallest absolute Gasteiger partial charge is 0.0681 e. The molecule has 1 atom stereocenters. The lowest BCUT2D eigenvalue weighted by Gasteiger charge is -2.59. The Morgan fingerprint density at radius 2 is 1.28 bits per heavy atom. The van der Waals surface area contributed by atoms with Crippen LogP contribution in [0.25, 0.3) is 0 Å². The highest BCUT2D eigenvalue weighted by atomic mass is 16.3. The first kappa shape index (κ1) is 15.6. The van der Waals surface area contributed by atoms with Crippen LogP contribution in [0, 0.1) is 23.2 Å². The van der Waals surface area contributed by atoms with Crippen LogP contribution in [0.2, 0.25) is 0 Å². The summed E-state index contributed by atoms with van der Waals surface area (Å²) in [7, 11) is 0. The molecule has 0 aromatic heterocycles. The van der Waals surface area contributed by atoms with Gasteiger partial charge in [0.2, 0.25) is 0 Å². The molecule has 2 aromatic carbocycles. The molecule has 4 saturated carbocycles. The molecule has 6 rings (SSSR count). The van der Waals surface area contributed by atoms with Gasteiger partial charge in [0.15, 0.2) is 0 Å². The lowest BCUT2D eigenvalue weighted by atomic mass is 9.45. The zero-order valence-electron chi connectivity index (χ0n) is 14.9. The second kappa shape index (κ2) is 5.99. The summed E-state index contributed by atoms with van der Waals surface area (Å²) in [5.41, 5.74) is 4.41. The van der Waals surface area contributed by atoms with Crippen LogP contribution in [0.1, 0.15) is 61.1 Å². The largest absolute Gasteiger partial charge is 0.392 e. The van der Waals surface area contributed by atoms with Gasteiger partial charge in [-0.1, -0.05) is 54.6 Å². The van der Waals surface area contributed by atoms with Crippen LogP contribution >= 0.6 is 0 Å². The second-order valence-corrected chi connectivity index (χ2v) is 9.02. The molecule has 1 N–H and O–H groups in total. The number of hydrogen-bond acceptors (Lipinski definition) is 1. The van der Waals surface area contributed by atoms with E-state index in [9.17, 15) is 5.11 Å². The van der Waals surface area contributed by atoms with E-state index in [-0.39, 0.29) is 6.61 Å². The van der Waals surface area contributed by atoms with Crippen LogP contribution in [0.4, 0.5) is 0 Å². The van der Waals surface area contributed by atoms with Crippen molar-refractivity contribution < 1.29 is 5.11 Å². The molecular formula is C24H28O. The fourth-order valence-corrected chi connectivity index (χ4v) is 6.89. The molecule has 4 fully saturated rings. The number of benzene rings is 2. The summed E-state index contributed by atoms with van der Waals surface area (Å²) in [5, 5.41) is 9.41. The molecule has 25 heavy (non-hydrogen) atoms. The minimum absolute atomic E-state index is 0.133. The van der Waals surface area contributed by atoms with Crippen LogP contribution in [-0.4, -0.2) is 5.11 Å². The van der Waals surface area contributed by atoms with Crippen LogP contribution in [-0.2, 0) is 6.61 Å². The van der Waals surface area contributed by atoms with Crippen molar-refractivity contribution in [2.24, 2.45) is 23.2 Å². The highest BCUT2D eigenvalue weighted by Gasteiger charge is 2.54. The van der Waals surface area contributed by atoms with Crippen molar-refractivity contribution in [3.05, 3.63) is 71.3 Å². The van der Waals surface area contributed by atoms with Crippen molar-refractivity contribution in [3.63, 3.8) is 0 Å². The molecule has 0 radical (unpaired) electrons. The van der Waals surface area contributed by atoms with Gasteiger partial charge >= 0.3 is 0 Å². The summed E-state index contributed by atoms with van der Waals surface area (Å²) < 4.78 is 0. The quantitative estimate of drug-likeness (QED) is 0.781.